The average molecular weight is 1370 g/mol. The van der Waals surface area contributed by atoms with Crippen molar-refractivity contribution in [3.63, 3.8) is 0 Å². The Morgan fingerprint density at radius 1 is 0.371 bits per heavy atom. The highest BCUT2D eigenvalue weighted by molar-refractivity contribution is 5.76. The topological polar surface area (TPSA) is 175 Å². The standard InChI is InChI=1S/C86H165NO10/c1-3-5-7-9-11-13-15-17-44-48-52-56-60-64-68-72-79(89)78(77-96-86-85(94)84(93)83(92)80(76-88)97-86)87-81(90)73-69-65-61-57-53-49-46-42-40-38-36-34-32-30-28-26-24-22-20-19-21-23-25-27-29-31-33-35-37-39-41-43-47-51-55-59-63-67-71-75-95-82(91)74-70-66-62-58-54-50-45-18-16-14-12-10-8-6-4-2/h19-20,68,72,78-80,83-86,88-89,92-94H,3-18,21-67,69-71,73-77H2,1-2H3,(H,87,90)/b20-19-,72-68+. The van der Waals surface area contributed by atoms with Gasteiger partial charge in [0.1, 0.15) is 24.4 Å². The zero-order chi connectivity index (χ0) is 70.1. The Hall–Kier alpha value is -1.86. The molecule has 0 aliphatic carbocycles. The van der Waals surface area contributed by atoms with Crippen molar-refractivity contribution in [2.45, 2.75) is 493 Å². The summed E-state index contributed by atoms with van der Waals surface area (Å²) in [5.74, 6) is -0.152. The quantitative estimate of drug-likeness (QED) is 0.0195. The van der Waals surface area contributed by atoms with Crippen LogP contribution in [0.1, 0.15) is 450 Å². The Morgan fingerprint density at radius 2 is 0.660 bits per heavy atom. The van der Waals surface area contributed by atoms with Crippen molar-refractivity contribution in [3.05, 3.63) is 24.3 Å². The summed E-state index contributed by atoms with van der Waals surface area (Å²) < 4.78 is 16.8. The van der Waals surface area contributed by atoms with Gasteiger partial charge < -0.3 is 45.1 Å². The average Bonchev–Trinajstić information content (AvgIpc) is 0.839. The van der Waals surface area contributed by atoms with Gasteiger partial charge in [-0.1, -0.05) is 404 Å². The highest BCUT2D eigenvalue weighted by atomic mass is 16.7. The van der Waals surface area contributed by atoms with Crippen molar-refractivity contribution < 1.29 is 49.3 Å². The molecule has 11 nitrogen and oxygen atoms in total. The summed E-state index contributed by atoms with van der Waals surface area (Å²) in [6, 6.07) is -0.807. The molecule has 1 saturated heterocycles. The first-order valence-corrected chi connectivity index (χ1v) is 43.1. The van der Waals surface area contributed by atoms with Crippen molar-refractivity contribution in [2.24, 2.45) is 0 Å². The lowest BCUT2D eigenvalue weighted by molar-refractivity contribution is -0.302. The summed E-state index contributed by atoms with van der Waals surface area (Å²) in [5.41, 5.74) is 0. The molecular formula is C86H165NO10. The number of ether oxygens (including phenoxy) is 3. The van der Waals surface area contributed by atoms with Crippen LogP contribution in [0.15, 0.2) is 24.3 Å². The predicted molar refractivity (Wildman–Crippen MR) is 412 cm³/mol. The summed E-state index contributed by atoms with van der Waals surface area (Å²) in [7, 11) is 0. The molecule has 7 unspecified atom stereocenters. The predicted octanol–water partition coefficient (Wildman–Crippen LogP) is 23.9. The van der Waals surface area contributed by atoms with Gasteiger partial charge in [0.05, 0.1) is 32.0 Å². The number of amides is 1. The van der Waals surface area contributed by atoms with Gasteiger partial charge in [-0.05, 0) is 57.8 Å². The van der Waals surface area contributed by atoms with Crippen molar-refractivity contribution in [1.29, 1.82) is 0 Å². The molecule has 11 heteroatoms. The molecular weight excluding hydrogens is 1210 g/mol. The number of hydrogen-bond acceptors (Lipinski definition) is 10. The second-order valence-electron chi connectivity index (χ2n) is 30.2. The third kappa shape index (κ3) is 63.6. The van der Waals surface area contributed by atoms with E-state index in [1.165, 1.54) is 372 Å². The maximum absolute atomic E-state index is 13.1. The third-order valence-electron chi connectivity index (χ3n) is 20.8. The van der Waals surface area contributed by atoms with Gasteiger partial charge in [0.25, 0.3) is 0 Å². The third-order valence-corrected chi connectivity index (χ3v) is 20.8. The number of unbranched alkanes of at least 4 members (excludes halogenated alkanes) is 62. The molecule has 574 valence electrons. The number of esters is 1. The molecule has 0 bridgehead atoms. The van der Waals surface area contributed by atoms with Crippen LogP contribution in [0, 0.1) is 0 Å². The van der Waals surface area contributed by atoms with Crippen molar-refractivity contribution in [3.8, 4) is 0 Å². The lowest BCUT2D eigenvalue weighted by atomic mass is 9.99. The van der Waals surface area contributed by atoms with Crippen molar-refractivity contribution in [2.75, 3.05) is 19.8 Å². The number of rotatable bonds is 78. The van der Waals surface area contributed by atoms with E-state index in [0.29, 0.717) is 19.4 Å². The van der Waals surface area contributed by atoms with Gasteiger partial charge in [-0.2, -0.15) is 0 Å². The summed E-state index contributed by atoms with van der Waals surface area (Å²) >= 11 is 0. The molecule has 1 rings (SSSR count). The van der Waals surface area contributed by atoms with E-state index in [1.807, 2.05) is 6.08 Å². The molecule has 97 heavy (non-hydrogen) atoms. The molecule has 7 atom stereocenters. The molecule has 1 aliphatic heterocycles. The van der Waals surface area contributed by atoms with E-state index >= 15 is 0 Å². The van der Waals surface area contributed by atoms with Crippen LogP contribution >= 0.6 is 0 Å². The molecule has 0 aromatic rings. The van der Waals surface area contributed by atoms with Gasteiger partial charge in [0.2, 0.25) is 5.91 Å². The van der Waals surface area contributed by atoms with Gasteiger partial charge in [-0.3, -0.25) is 9.59 Å². The van der Waals surface area contributed by atoms with Crippen LogP contribution in [0.2, 0.25) is 0 Å². The first kappa shape index (κ1) is 93.2. The van der Waals surface area contributed by atoms with E-state index in [4.69, 9.17) is 14.2 Å². The summed E-state index contributed by atoms with van der Waals surface area (Å²) in [5, 5.41) is 54.7. The van der Waals surface area contributed by atoms with Crippen LogP contribution < -0.4 is 5.32 Å². The molecule has 0 spiro atoms. The number of aliphatic hydroxyl groups excluding tert-OH is 5. The van der Waals surface area contributed by atoms with Crippen LogP contribution in [0.5, 0.6) is 0 Å². The van der Waals surface area contributed by atoms with Crippen LogP contribution in [-0.2, 0) is 23.8 Å². The fourth-order valence-corrected chi connectivity index (χ4v) is 14.1. The van der Waals surface area contributed by atoms with Crippen molar-refractivity contribution >= 4 is 11.9 Å². The van der Waals surface area contributed by atoms with E-state index in [0.717, 1.165) is 51.4 Å². The van der Waals surface area contributed by atoms with Crippen LogP contribution in [-0.4, -0.2) is 100 Å². The summed E-state index contributed by atoms with van der Waals surface area (Å²) in [4.78, 5) is 25.2. The summed E-state index contributed by atoms with van der Waals surface area (Å²) in [6.45, 7) is 4.42. The largest absolute Gasteiger partial charge is 0.466 e. The van der Waals surface area contributed by atoms with Gasteiger partial charge >= 0.3 is 5.97 Å². The molecule has 0 aromatic heterocycles. The zero-order valence-corrected chi connectivity index (χ0v) is 64.3. The first-order valence-electron chi connectivity index (χ1n) is 43.1. The minimum atomic E-state index is -1.57. The van der Waals surface area contributed by atoms with Gasteiger partial charge in [0, 0.05) is 12.8 Å². The Bertz CT molecular complexity index is 1660. The summed E-state index contributed by atoms with van der Waals surface area (Å²) in [6.07, 6.45) is 88.0. The molecule has 1 fully saturated rings. The number of carbonyl (C=O) groups excluding carboxylic acids is 2. The number of nitrogens with one attached hydrogen (secondary N) is 1. The minimum Gasteiger partial charge on any atom is -0.466 e. The molecule has 0 aromatic carbocycles. The fourth-order valence-electron chi connectivity index (χ4n) is 14.1. The smallest absolute Gasteiger partial charge is 0.305 e. The zero-order valence-electron chi connectivity index (χ0n) is 64.3. The molecule has 0 saturated carbocycles. The van der Waals surface area contributed by atoms with Gasteiger partial charge in [-0.25, -0.2) is 0 Å². The lowest BCUT2D eigenvalue weighted by Gasteiger charge is -2.40. The number of aliphatic hydroxyl groups is 5. The highest BCUT2D eigenvalue weighted by Crippen LogP contribution is 2.24. The van der Waals surface area contributed by atoms with Gasteiger partial charge in [0.15, 0.2) is 6.29 Å². The normalized spacial score (nSPS) is 17.3. The van der Waals surface area contributed by atoms with E-state index < -0.39 is 49.5 Å². The Kier molecular flexibility index (Phi) is 72.3. The van der Waals surface area contributed by atoms with Crippen LogP contribution in [0.3, 0.4) is 0 Å². The number of allylic oxidation sites excluding steroid dienone is 3. The molecule has 6 N–H and O–H groups in total. The van der Waals surface area contributed by atoms with Gasteiger partial charge in [-0.15, -0.1) is 0 Å². The van der Waals surface area contributed by atoms with E-state index in [9.17, 15) is 35.1 Å². The SMILES string of the molecule is CCCCCCCCCCCCCCC/C=C/C(O)C(COC1OC(CO)C(O)C(O)C1O)NC(=O)CCCCCCCCCCCCCCCCCCC/C=C\CCCCCCCCCCCCCCCCCCCCOC(=O)CCCCCCCCCCCCCCCCC. The van der Waals surface area contributed by atoms with Crippen LogP contribution in [0.25, 0.3) is 0 Å². The lowest BCUT2D eigenvalue weighted by Crippen LogP contribution is -2.60. The maximum atomic E-state index is 13.1. The Balaban J connectivity index is 1.89. The molecule has 1 heterocycles. The molecule has 1 aliphatic rings. The molecule has 1 amide bonds. The fraction of sp³-hybridized carbons (Fsp3) is 0.930. The Labute approximate surface area is 601 Å². The maximum Gasteiger partial charge on any atom is 0.305 e. The minimum absolute atomic E-state index is 0.0208. The number of hydrogen-bond donors (Lipinski definition) is 6. The van der Waals surface area contributed by atoms with Crippen LogP contribution in [0.4, 0.5) is 0 Å². The Morgan fingerprint density at radius 3 is 0.990 bits per heavy atom. The first-order chi connectivity index (χ1) is 47.7. The highest BCUT2D eigenvalue weighted by Gasteiger charge is 2.44. The second-order valence-corrected chi connectivity index (χ2v) is 30.2. The monoisotopic (exact) mass is 1370 g/mol. The molecule has 0 radical (unpaired) electrons. The van der Waals surface area contributed by atoms with E-state index in [-0.39, 0.29) is 18.5 Å². The van der Waals surface area contributed by atoms with E-state index in [1.54, 1.807) is 6.08 Å². The number of carbonyl (C=O) groups is 2. The second kappa shape index (κ2) is 75.3. The van der Waals surface area contributed by atoms with Crippen molar-refractivity contribution in [1.82, 2.24) is 5.32 Å². The van der Waals surface area contributed by atoms with E-state index in [2.05, 4.69) is 31.3 Å².